The van der Waals surface area contributed by atoms with Crippen molar-refractivity contribution in [1.29, 1.82) is 0 Å². The summed E-state index contributed by atoms with van der Waals surface area (Å²) in [5.41, 5.74) is 0.794. The van der Waals surface area contributed by atoms with Crippen molar-refractivity contribution in [1.82, 2.24) is 4.98 Å². The highest BCUT2D eigenvalue weighted by Gasteiger charge is 2.42. The standard InChI is InChI=1S/C7H17NOSi/c1-7-5-4-6-10(7,8-2)9-3/h7-8H,4-6H2,1-3H3. The lowest BCUT2D eigenvalue weighted by molar-refractivity contribution is 0.378. The van der Waals surface area contributed by atoms with Gasteiger partial charge in [0.05, 0.1) is 0 Å². The molecule has 1 saturated heterocycles. The average Bonchev–Trinajstić information content (AvgIpc) is 2.32. The van der Waals surface area contributed by atoms with E-state index in [1.165, 1.54) is 18.9 Å². The first-order valence-electron chi connectivity index (χ1n) is 3.99. The first kappa shape index (κ1) is 8.24. The van der Waals surface area contributed by atoms with Crippen LogP contribution in [-0.2, 0) is 4.43 Å². The predicted molar refractivity (Wildman–Crippen MR) is 45.3 cm³/mol. The molecular weight excluding hydrogens is 142 g/mol. The lowest BCUT2D eigenvalue weighted by Gasteiger charge is -2.27. The number of hydrogen-bond acceptors (Lipinski definition) is 2. The normalized spacial score (nSPS) is 40.5. The average molecular weight is 159 g/mol. The maximum absolute atomic E-state index is 5.59. The van der Waals surface area contributed by atoms with Gasteiger partial charge in [-0.25, -0.2) is 0 Å². The lowest BCUT2D eigenvalue weighted by Crippen LogP contribution is -2.51. The second kappa shape index (κ2) is 3.03. The Morgan fingerprint density at radius 2 is 2.30 bits per heavy atom. The fraction of sp³-hybridized carbons (Fsp3) is 1.00. The molecular formula is C7H17NOSi. The molecule has 0 spiro atoms. The zero-order chi connectivity index (χ0) is 7.61. The van der Waals surface area contributed by atoms with Gasteiger partial charge in [-0.1, -0.05) is 13.3 Å². The molecule has 10 heavy (non-hydrogen) atoms. The van der Waals surface area contributed by atoms with Crippen LogP contribution in [0.1, 0.15) is 19.8 Å². The van der Waals surface area contributed by atoms with E-state index < -0.39 is 8.48 Å². The van der Waals surface area contributed by atoms with Gasteiger partial charge in [0.1, 0.15) is 0 Å². The minimum absolute atomic E-state index is 0.794. The minimum Gasteiger partial charge on any atom is -0.406 e. The molecule has 0 bridgehead atoms. The first-order chi connectivity index (χ1) is 4.75. The van der Waals surface area contributed by atoms with E-state index in [9.17, 15) is 0 Å². The molecule has 0 amide bonds. The molecule has 0 aromatic heterocycles. The molecule has 1 N–H and O–H groups in total. The van der Waals surface area contributed by atoms with Gasteiger partial charge in [0.2, 0.25) is 0 Å². The van der Waals surface area contributed by atoms with Crippen LogP contribution in [0.5, 0.6) is 0 Å². The summed E-state index contributed by atoms with van der Waals surface area (Å²) in [6, 6.07) is 1.29. The molecule has 0 aliphatic carbocycles. The molecule has 1 aliphatic rings. The molecule has 2 unspecified atom stereocenters. The van der Waals surface area contributed by atoms with E-state index in [-0.39, 0.29) is 0 Å². The summed E-state index contributed by atoms with van der Waals surface area (Å²) in [6.45, 7) is 2.30. The smallest absolute Gasteiger partial charge is 0.270 e. The zero-order valence-corrected chi connectivity index (χ0v) is 8.11. The number of rotatable bonds is 2. The van der Waals surface area contributed by atoms with Crippen molar-refractivity contribution in [2.45, 2.75) is 31.4 Å². The van der Waals surface area contributed by atoms with Crippen molar-refractivity contribution >= 4 is 8.48 Å². The predicted octanol–water partition coefficient (Wildman–Crippen LogP) is 1.48. The largest absolute Gasteiger partial charge is 0.406 e. The molecule has 0 saturated carbocycles. The van der Waals surface area contributed by atoms with Crippen LogP contribution >= 0.6 is 0 Å². The molecule has 2 atom stereocenters. The maximum atomic E-state index is 5.59. The Kier molecular flexibility index (Phi) is 2.49. The van der Waals surface area contributed by atoms with Gasteiger partial charge in [-0.3, -0.25) is 0 Å². The molecule has 3 heteroatoms. The molecule has 0 aromatic carbocycles. The third-order valence-electron chi connectivity index (χ3n) is 2.77. The lowest BCUT2D eigenvalue weighted by atomic mass is 10.3. The van der Waals surface area contributed by atoms with Crippen molar-refractivity contribution in [3.63, 3.8) is 0 Å². The number of hydrogen-bond donors (Lipinski definition) is 1. The van der Waals surface area contributed by atoms with E-state index in [0.29, 0.717) is 0 Å². The van der Waals surface area contributed by atoms with Crippen LogP contribution in [-0.4, -0.2) is 22.6 Å². The highest BCUT2D eigenvalue weighted by atomic mass is 28.4. The van der Waals surface area contributed by atoms with E-state index in [2.05, 4.69) is 11.9 Å². The quantitative estimate of drug-likeness (QED) is 0.616. The van der Waals surface area contributed by atoms with E-state index in [1.54, 1.807) is 0 Å². The van der Waals surface area contributed by atoms with E-state index in [0.717, 1.165) is 5.54 Å². The van der Waals surface area contributed by atoms with Crippen molar-refractivity contribution in [3.8, 4) is 0 Å². The SMILES string of the molecule is CN[Si]1(OC)CCCC1C. The summed E-state index contributed by atoms with van der Waals surface area (Å²) in [6.07, 6.45) is 2.70. The van der Waals surface area contributed by atoms with Crippen LogP contribution < -0.4 is 4.98 Å². The maximum Gasteiger partial charge on any atom is 0.270 e. The van der Waals surface area contributed by atoms with Gasteiger partial charge in [0, 0.05) is 7.11 Å². The number of nitrogens with one attached hydrogen (secondary N) is 1. The summed E-state index contributed by atoms with van der Waals surface area (Å²) in [7, 11) is 2.46. The van der Waals surface area contributed by atoms with Crippen molar-refractivity contribution in [3.05, 3.63) is 0 Å². The van der Waals surface area contributed by atoms with Gasteiger partial charge in [-0.05, 0) is 25.1 Å². The first-order valence-corrected chi connectivity index (χ1v) is 6.18. The Balaban J connectivity index is 2.61. The van der Waals surface area contributed by atoms with E-state index in [1.807, 2.05) is 14.2 Å². The summed E-state index contributed by atoms with van der Waals surface area (Å²) in [5, 5.41) is 0. The Hall–Kier alpha value is 0.137. The molecule has 0 radical (unpaired) electrons. The molecule has 1 fully saturated rings. The van der Waals surface area contributed by atoms with Crippen LogP contribution in [0.3, 0.4) is 0 Å². The fourth-order valence-corrected chi connectivity index (χ4v) is 5.37. The second-order valence-corrected chi connectivity index (χ2v) is 7.31. The van der Waals surface area contributed by atoms with Crippen molar-refractivity contribution < 1.29 is 4.43 Å². The molecule has 2 nitrogen and oxygen atoms in total. The monoisotopic (exact) mass is 159 g/mol. The van der Waals surface area contributed by atoms with Gasteiger partial charge < -0.3 is 9.41 Å². The van der Waals surface area contributed by atoms with Gasteiger partial charge in [0.15, 0.2) is 0 Å². The topological polar surface area (TPSA) is 21.3 Å². The zero-order valence-electron chi connectivity index (χ0n) is 7.11. The Bertz CT molecular complexity index is 114. The molecule has 1 aliphatic heterocycles. The molecule has 0 aromatic rings. The minimum atomic E-state index is -1.43. The molecule has 60 valence electrons. The Morgan fingerprint density at radius 1 is 1.60 bits per heavy atom. The van der Waals surface area contributed by atoms with E-state index in [4.69, 9.17) is 4.43 Å². The van der Waals surface area contributed by atoms with Gasteiger partial charge in [-0.2, -0.15) is 0 Å². The summed E-state index contributed by atoms with van der Waals surface area (Å²) < 4.78 is 5.59. The van der Waals surface area contributed by atoms with Crippen LogP contribution in [0.25, 0.3) is 0 Å². The third kappa shape index (κ3) is 1.13. The third-order valence-corrected chi connectivity index (χ3v) is 7.32. The summed E-state index contributed by atoms with van der Waals surface area (Å²) in [4.78, 5) is 3.39. The van der Waals surface area contributed by atoms with Crippen LogP contribution in [0.2, 0.25) is 11.6 Å². The second-order valence-electron chi connectivity index (χ2n) is 3.14. The Morgan fingerprint density at radius 3 is 2.50 bits per heavy atom. The van der Waals surface area contributed by atoms with Crippen molar-refractivity contribution in [2.24, 2.45) is 0 Å². The summed E-state index contributed by atoms with van der Waals surface area (Å²) >= 11 is 0. The van der Waals surface area contributed by atoms with Crippen molar-refractivity contribution in [2.75, 3.05) is 14.2 Å². The molecule has 1 heterocycles. The van der Waals surface area contributed by atoms with Gasteiger partial charge in [-0.15, -0.1) is 0 Å². The van der Waals surface area contributed by atoms with Gasteiger partial charge in [0.25, 0.3) is 8.48 Å². The highest BCUT2D eigenvalue weighted by Crippen LogP contribution is 2.36. The van der Waals surface area contributed by atoms with Crippen LogP contribution in [0.15, 0.2) is 0 Å². The Labute approximate surface area is 64.2 Å². The summed E-state index contributed by atoms with van der Waals surface area (Å²) in [5.74, 6) is 0. The highest BCUT2D eigenvalue weighted by molar-refractivity contribution is 6.73. The molecule has 1 rings (SSSR count). The van der Waals surface area contributed by atoms with Crippen LogP contribution in [0, 0.1) is 0 Å². The van der Waals surface area contributed by atoms with Gasteiger partial charge >= 0.3 is 0 Å². The van der Waals surface area contributed by atoms with E-state index >= 15 is 0 Å². The fourth-order valence-electron chi connectivity index (χ4n) is 1.93. The van der Waals surface area contributed by atoms with Crippen LogP contribution in [0.4, 0.5) is 0 Å².